The number of aliphatic imine (C=N–C) groups is 2. The molecule has 2 aliphatic heterocycles. The number of nitrogens with one attached hydrogen (secondary N) is 4. The van der Waals surface area contributed by atoms with Gasteiger partial charge in [0.2, 0.25) is 0 Å². The summed E-state index contributed by atoms with van der Waals surface area (Å²) in [4.78, 5) is 34.0. The van der Waals surface area contributed by atoms with Gasteiger partial charge < -0.3 is 21.3 Å². The molecule has 0 bridgehead atoms. The zero-order valence-corrected chi connectivity index (χ0v) is 19.7. The molecule has 0 saturated heterocycles. The van der Waals surface area contributed by atoms with Crippen molar-refractivity contribution < 1.29 is 9.59 Å². The van der Waals surface area contributed by atoms with Crippen LogP contribution in [0.4, 0.5) is 11.4 Å². The van der Waals surface area contributed by atoms with Crippen molar-refractivity contribution in [1.82, 2.24) is 10.6 Å². The van der Waals surface area contributed by atoms with Crippen LogP contribution in [0.2, 0.25) is 0 Å². The van der Waals surface area contributed by atoms with Gasteiger partial charge >= 0.3 is 0 Å². The number of benzene rings is 3. The first-order valence-electron chi connectivity index (χ1n) is 11.2. The van der Waals surface area contributed by atoms with Gasteiger partial charge in [-0.15, -0.1) is 12.4 Å². The third kappa shape index (κ3) is 5.67. The molecule has 3 aromatic carbocycles. The van der Waals surface area contributed by atoms with Crippen molar-refractivity contribution in [2.24, 2.45) is 9.98 Å². The van der Waals surface area contributed by atoms with E-state index in [0.717, 1.165) is 49.0 Å². The van der Waals surface area contributed by atoms with E-state index in [0.29, 0.717) is 22.5 Å². The molecule has 2 amide bonds. The lowest BCUT2D eigenvalue weighted by atomic mass is 10.1. The molecule has 0 aromatic heterocycles. The topological polar surface area (TPSA) is 107 Å². The summed E-state index contributed by atoms with van der Waals surface area (Å²) in [6.07, 6.45) is 0. The Morgan fingerprint density at radius 3 is 1.29 bits per heavy atom. The lowest BCUT2D eigenvalue weighted by molar-refractivity contribution is 0.101. The van der Waals surface area contributed by atoms with Gasteiger partial charge in [0.1, 0.15) is 11.7 Å². The third-order valence-electron chi connectivity index (χ3n) is 5.59. The molecule has 3 aromatic rings. The van der Waals surface area contributed by atoms with E-state index in [9.17, 15) is 9.59 Å². The normalized spacial score (nSPS) is 14.1. The van der Waals surface area contributed by atoms with Gasteiger partial charge in [0, 0.05) is 46.7 Å². The summed E-state index contributed by atoms with van der Waals surface area (Å²) in [5.41, 5.74) is 4.30. The van der Waals surface area contributed by atoms with Crippen molar-refractivity contribution in [3.05, 3.63) is 95.1 Å². The Balaban J connectivity index is 0.00000289. The van der Waals surface area contributed by atoms with Gasteiger partial charge in [-0.3, -0.25) is 19.6 Å². The fourth-order valence-corrected chi connectivity index (χ4v) is 3.78. The van der Waals surface area contributed by atoms with Crippen LogP contribution in [-0.4, -0.2) is 49.7 Å². The summed E-state index contributed by atoms with van der Waals surface area (Å²) < 4.78 is 0. The van der Waals surface area contributed by atoms with Gasteiger partial charge in [0.25, 0.3) is 11.8 Å². The van der Waals surface area contributed by atoms with E-state index in [2.05, 4.69) is 31.3 Å². The summed E-state index contributed by atoms with van der Waals surface area (Å²) >= 11 is 0. The number of anilines is 2. The first-order chi connectivity index (χ1) is 16.7. The monoisotopic (exact) mass is 488 g/mol. The van der Waals surface area contributed by atoms with Crippen molar-refractivity contribution in [1.29, 1.82) is 0 Å². The zero-order valence-electron chi connectivity index (χ0n) is 18.9. The first kappa shape index (κ1) is 24.0. The zero-order chi connectivity index (χ0) is 23.3. The van der Waals surface area contributed by atoms with Crippen molar-refractivity contribution in [2.45, 2.75) is 0 Å². The number of halogens is 1. The van der Waals surface area contributed by atoms with Crippen LogP contribution >= 0.6 is 12.4 Å². The first-order valence-corrected chi connectivity index (χ1v) is 11.2. The molecular weight excluding hydrogens is 464 g/mol. The molecule has 8 nitrogen and oxygen atoms in total. The number of rotatable bonds is 6. The van der Waals surface area contributed by atoms with Crippen molar-refractivity contribution in [2.75, 3.05) is 36.8 Å². The molecular formula is C26H25ClN6O2. The van der Waals surface area contributed by atoms with Crippen LogP contribution in [0.5, 0.6) is 0 Å². The summed E-state index contributed by atoms with van der Waals surface area (Å²) in [6, 6.07) is 21.6. The highest BCUT2D eigenvalue weighted by Gasteiger charge is 2.12. The van der Waals surface area contributed by atoms with Crippen LogP contribution in [0.25, 0.3) is 0 Å². The quantitative estimate of drug-likeness (QED) is 0.427. The standard InChI is InChI=1S/C26H24N6O2.ClH/c33-25(31-21-9-5-17(6-10-21)23-27-13-14-28-23)19-1-2-20(4-3-19)26(34)32-22-11-7-18(8-12-22)24-29-15-16-30-24;/h1-12H,13-16H2,(H,27,28)(H,29,30)(H,31,33)(H,32,34);1H. The van der Waals surface area contributed by atoms with E-state index in [1.807, 2.05) is 48.5 Å². The molecule has 0 saturated carbocycles. The number of hydrogen-bond donors (Lipinski definition) is 4. The third-order valence-corrected chi connectivity index (χ3v) is 5.59. The molecule has 0 spiro atoms. The molecule has 0 unspecified atom stereocenters. The van der Waals surface area contributed by atoms with E-state index in [-0.39, 0.29) is 24.2 Å². The van der Waals surface area contributed by atoms with Crippen molar-refractivity contribution in [3.63, 3.8) is 0 Å². The average molecular weight is 489 g/mol. The molecule has 0 fully saturated rings. The van der Waals surface area contributed by atoms with Crippen LogP contribution in [0.1, 0.15) is 31.8 Å². The Morgan fingerprint density at radius 1 is 0.600 bits per heavy atom. The molecule has 0 aliphatic carbocycles. The number of hydrogen-bond acceptors (Lipinski definition) is 6. The number of nitrogens with zero attached hydrogens (tertiary/aromatic N) is 2. The lowest BCUT2D eigenvalue weighted by Gasteiger charge is -2.09. The summed E-state index contributed by atoms with van der Waals surface area (Å²) in [6.45, 7) is 3.26. The lowest BCUT2D eigenvalue weighted by Crippen LogP contribution is -2.19. The van der Waals surface area contributed by atoms with Gasteiger partial charge in [0.05, 0.1) is 13.1 Å². The second-order valence-corrected chi connectivity index (χ2v) is 7.95. The fraction of sp³-hybridized carbons (Fsp3) is 0.154. The highest BCUT2D eigenvalue weighted by molar-refractivity contribution is 6.08. The van der Waals surface area contributed by atoms with Crippen LogP contribution in [0.15, 0.2) is 82.8 Å². The van der Waals surface area contributed by atoms with Crippen LogP contribution in [0, 0.1) is 0 Å². The SMILES string of the molecule is Cl.O=C(Nc1ccc(C2=NCCN2)cc1)c1ccc(C(=O)Nc2ccc(C3=NCCN3)cc2)cc1. The Kier molecular flexibility index (Phi) is 7.42. The van der Waals surface area contributed by atoms with Crippen molar-refractivity contribution >= 4 is 47.3 Å². The molecule has 35 heavy (non-hydrogen) atoms. The molecule has 0 radical (unpaired) electrons. The van der Waals surface area contributed by atoms with Crippen LogP contribution < -0.4 is 21.3 Å². The maximum atomic E-state index is 12.6. The largest absolute Gasteiger partial charge is 0.368 e. The number of carbonyl (C=O) groups is 2. The predicted molar refractivity (Wildman–Crippen MR) is 141 cm³/mol. The minimum absolute atomic E-state index is 0. The van der Waals surface area contributed by atoms with Gasteiger partial charge in [-0.1, -0.05) is 0 Å². The van der Waals surface area contributed by atoms with Gasteiger partial charge in [0.15, 0.2) is 0 Å². The highest BCUT2D eigenvalue weighted by atomic mass is 35.5. The summed E-state index contributed by atoms with van der Waals surface area (Å²) in [5.74, 6) is 1.27. The number of amides is 2. The van der Waals surface area contributed by atoms with E-state index in [1.54, 1.807) is 24.3 Å². The Hall–Kier alpha value is -4.17. The van der Waals surface area contributed by atoms with Crippen LogP contribution in [-0.2, 0) is 0 Å². The predicted octanol–water partition coefficient (Wildman–Crippen LogP) is 3.31. The minimum atomic E-state index is -0.241. The number of carbonyl (C=O) groups excluding carboxylic acids is 2. The Morgan fingerprint density at radius 2 is 0.971 bits per heavy atom. The highest BCUT2D eigenvalue weighted by Crippen LogP contribution is 2.15. The molecule has 2 aliphatic rings. The van der Waals surface area contributed by atoms with Gasteiger partial charge in [-0.25, -0.2) is 0 Å². The molecule has 9 heteroatoms. The van der Waals surface area contributed by atoms with E-state index >= 15 is 0 Å². The fourth-order valence-electron chi connectivity index (χ4n) is 3.78. The second-order valence-electron chi connectivity index (χ2n) is 7.95. The molecule has 2 heterocycles. The summed E-state index contributed by atoms with van der Waals surface area (Å²) in [5, 5.41) is 12.2. The van der Waals surface area contributed by atoms with Gasteiger partial charge in [-0.05, 0) is 72.8 Å². The maximum absolute atomic E-state index is 12.6. The molecule has 0 atom stereocenters. The van der Waals surface area contributed by atoms with Gasteiger partial charge in [-0.2, -0.15) is 0 Å². The maximum Gasteiger partial charge on any atom is 0.255 e. The Labute approximate surface area is 209 Å². The number of amidine groups is 2. The Bertz CT molecular complexity index is 1170. The van der Waals surface area contributed by atoms with E-state index in [4.69, 9.17) is 0 Å². The second kappa shape index (κ2) is 10.8. The smallest absolute Gasteiger partial charge is 0.255 e. The van der Waals surface area contributed by atoms with Crippen molar-refractivity contribution in [3.8, 4) is 0 Å². The molecule has 178 valence electrons. The minimum Gasteiger partial charge on any atom is -0.368 e. The average Bonchev–Trinajstić information content (AvgIpc) is 3.60. The van der Waals surface area contributed by atoms with E-state index in [1.165, 1.54) is 0 Å². The van der Waals surface area contributed by atoms with E-state index < -0.39 is 0 Å². The van der Waals surface area contributed by atoms with Crippen LogP contribution in [0.3, 0.4) is 0 Å². The summed E-state index contributed by atoms with van der Waals surface area (Å²) in [7, 11) is 0. The molecule has 5 rings (SSSR count). The molecule has 4 N–H and O–H groups in total.